The Kier molecular flexibility index (Phi) is 5.05. The van der Waals surface area contributed by atoms with E-state index < -0.39 is 17.8 Å². The lowest BCUT2D eigenvalue weighted by molar-refractivity contribution is -0.141. The van der Waals surface area contributed by atoms with Crippen LogP contribution in [0.3, 0.4) is 0 Å². The molecule has 1 amide bonds. The number of thiazole rings is 1. The lowest BCUT2D eigenvalue weighted by Crippen LogP contribution is -2.26. The molecule has 3 rings (SSSR count). The molecule has 0 bridgehead atoms. The molecule has 0 radical (unpaired) electrons. The first-order valence-corrected chi connectivity index (χ1v) is 8.69. The normalized spacial score (nSPS) is 16.0. The van der Waals surface area contributed by atoms with Crippen molar-refractivity contribution in [3.63, 3.8) is 0 Å². The fourth-order valence-electron chi connectivity index (χ4n) is 2.76. The third kappa shape index (κ3) is 4.16. The van der Waals surface area contributed by atoms with Crippen LogP contribution >= 0.6 is 11.3 Å². The third-order valence-electron chi connectivity index (χ3n) is 4.11. The second-order valence-electron chi connectivity index (χ2n) is 5.87. The average molecular weight is 370 g/mol. The molecule has 25 heavy (non-hydrogen) atoms. The molecule has 134 valence electrons. The summed E-state index contributed by atoms with van der Waals surface area (Å²) in [5.74, 6) is -0.0798. The van der Waals surface area contributed by atoms with Crippen LogP contribution in [-0.4, -0.2) is 29.0 Å². The molecule has 0 saturated carbocycles. The molecule has 0 unspecified atom stereocenters. The zero-order valence-corrected chi connectivity index (χ0v) is 14.3. The standard InChI is InChI=1S/C16H17F3N4OS/c1-9-11(2-3-13(22-9)16(17,18)19)14(24)23-15-21-8-12(25-15)10-4-6-20-7-5-10/h2-3,8,10,20H,4-7H2,1H3,(H,21,23,24). The number of aromatic nitrogens is 2. The van der Waals surface area contributed by atoms with Gasteiger partial charge in [0.15, 0.2) is 5.13 Å². The van der Waals surface area contributed by atoms with Crippen LogP contribution in [0.1, 0.15) is 45.4 Å². The average Bonchev–Trinajstić information content (AvgIpc) is 3.03. The van der Waals surface area contributed by atoms with Gasteiger partial charge in [-0.05, 0) is 50.9 Å². The predicted molar refractivity (Wildman–Crippen MR) is 88.9 cm³/mol. The van der Waals surface area contributed by atoms with E-state index in [-0.39, 0.29) is 11.3 Å². The summed E-state index contributed by atoms with van der Waals surface area (Å²) in [4.78, 5) is 21.1. The van der Waals surface area contributed by atoms with Crippen LogP contribution < -0.4 is 10.6 Å². The number of carbonyl (C=O) groups is 1. The minimum atomic E-state index is -4.53. The third-order valence-corrected chi connectivity index (χ3v) is 5.18. The van der Waals surface area contributed by atoms with Crippen LogP contribution in [0.15, 0.2) is 18.3 Å². The van der Waals surface area contributed by atoms with E-state index in [2.05, 4.69) is 20.6 Å². The van der Waals surface area contributed by atoms with Crippen molar-refractivity contribution < 1.29 is 18.0 Å². The summed E-state index contributed by atoms with van der Waals surface area (Å²) in [5, 5.41) is 6.38. The van der Waals surface area contributed by atoms with E-state index in [1.54, 1.807) is 6.20 Å². The van der Waals surface area contributed by atoms with E-state index in [4.69, 9.17) is 0 Å². The molecular weight excluding hydrogens is 353 g/mol. The number of anilines is 1. The fraction of sp³-hybridized carbons (Fsp3) is 0.438. The maximum atomic E-state index is 12.7. The quantitative estimate of drug-likeness (QED) is 0.867. The van der Waals surface area contributed by atoms with Gasteiger partial charge in [-0.1, -0.05) is 0 Å². The van der Waals surface area contributed by atoms with E-state index in [1.807, 2.05) is 0 Å². The number of hydrogen-bond donors (Lipinski definition) is 2. The summed E-state index contributed by atoms with van der Waals surface area (Å²) in [6, 6.07) is 1.95. The number of rotatable bonds is 3. The molecule has 1 aliphatic rings. The Morgan fingerprint density at radius 3 is 2.68 bits per heavy atom. The Labute approximate surface area is 146 Å². The number of pyridine rings is 1. The Morgan fingerprint density at radius 2 is 2.04 bits per heavy atom. The number of carbonyl (C=O) groups excluding carboxylic acids is 1. The number of hydrogen-bond acceptors (Lipinski definition) is 5. The Morgan fingerprint density at radius 1 is 1.32 bits per heavy atom. The van der Waals surface area contributed by atoms with E-state index in [0.717, 1.165) is 42.9 Å². The van der Waals surface area contributed by atoms with Gasteiger partial charge in [0.2, 0.25) is 0 Å². The van der Waals surface area contributed by atoms with Crippen molar-refractivity contribution in [3.05, 3.63) is 40.2 Å². The highest BCUT2D eigenvalue weighted by Crippen LogP contribution is 2.32. The molecule has 1 fully saturated rings. The smallest absolute Gasteiger partial charge is 0.317 e. The first-order chi connectivity index (χ1) is 11.8. The number of aryl methyl sites for hydroxylation is 1. The van der Waals surface area contributed by atoms with E-state index in [9.17, 15) is 18.0 Å². The van der Waals surface area contributed by atoms with Gasteiger partial charge >= 0.3 is 6.18 Å². The molecule has 2 N–H and O–H groups in total. The lowest BCUT2D eigenvalue weighted by atomic mass is 9.97. The van der Waals surface area contributed by atoms with Gasteiger partial charge < -0.3 is 5.32 Å². The first-order valence-electron chi connectivity index (χ1n) is 7.87. The Hall–Kier alpha value is -2.00. The zero-order valence-electron chi connectivity index (χ0n) is 13.5. The van der Waals surface area contributed by atoms with Crippen molar-refractivity contribution in [1.82, 2.24) is 15.3 Å². The highest BCUT2D eigenvalue weighted by molar-refractivity contribution is 7.15. The van der Waals surface area contributed by atoms with Crippen molar-refractivity contribution in [2.24, 2.45) is 0 Å². The highest BCUT2D eigenvalue weighted by atomic mass is 32.1. The molecule has 2 aromatic rings. The fourth-order valence-corrected chi connectivity index (χ4v) is 3.74. The van der Waals surface area contributed by atoms with Gasteiger partial charge in [-0.25, -0.2) is 9.97 Å². The largest absolute Gasteiger partial charge is 0.433 e. The van der Waals surface area contributed by atoms with E-state index in [0.29, 0.717) is 11.0 Å². The van der Waals surface area contributed by atoms with Gasteiger partial charge in [0, 0.05) is 11.1 Å². The van der Waals surface area contributed by atoms with Crippen LogP contribution in [0.25, 0.3) is 0 Å². The van der Waals surface area contributed by atoms with Gasteiger partial charge in [-0.3, -0.25) is 10.1 Å². The minimum absolute atomic E-state index is 0.0301. The highest BCUT2D eigenvalue weighted by Gasteiger charge is 2.33. The molecule has 0 aliphatic carbocycles. The topological polar surface area (TPSA) is 66.9 Å². The minimum Gasteiger partial charge on any atom is -0.317 e. The number of nitrogens with one attached hydrogen (secondary N) is 2. The van der Waals surface area contributed by atoms with Crippen LogP contribution in [0.5, 0.6) is 0 Å². The summed E-state index contributed by atoms with van der Waals surface area (Å²) in [7, 11) is 0. The molecule has 9 heteroatoms. The number of amides is 1. The van der Waals surface area contributed by atoms with Crippen LogP contribution in [-0.2, 0) is 6.18 Å². The number of alkyl halides is 3. The molecule has 5 nitrogen and oxygen atoms in total. The molecule has 0 spiro atoms. The monoisotopic (exact) mass is 370 g/mol. The molecule has 0 atom stereocenters. The van der Waals surface area contributed by atoms with E-state index >= 15 is 0 Å². The Bertz CT molecular complexity index is 769. The first kappa shape index (κ1) is 17.8. The van der Waals surface area contributed by atoms with Crippen LogP contribution in [0, 0.1) is 6.92 Å². The SMILES string of the molecule is Cc1nc(C(F)(F)F)ccc1C(=O)Nc1ncc(C2CCNCC2)s1. The van der Waals surface area contributed by atoms with Crippen molar-refractivity contribution >= 4 is 22.4 Å². The zero-order chi connectivity index (χ0) is 18.0. The maximum Gasteiger partial charge on any atom is 0.433 e. The summed E-state index contributed by atoms with van der Waals surface area (Å²) in [5.41, 5.74) is -0.877. The second-order valence-corrected chi connectivity index (χ2v) is 6.94. The molecule has 1 saturated heterocycles. The number of halogens is 3. The van der Waals surface area contributed by atoms with E-state index in [1.165, 1.54) is 18.3 Å². The molecule has 2 aromatic heterocycles. The van der Waals surface area contributed by atoms with Crippen molar-refractivity contribution in [3.8, 4) is 0 Å². The maximum absolute atomic E-state index is 12.7. The van der Waals surface area contributed by atoms with Gasteiger partial charge in [-0.2, -0.15) is 13.2 Å². The molecular formula is C16H17F3N4OS. The summed E-state index contributed by atoms with van der Waals surface area (Å²) in [6.45, 7) is 3.30. The summed E-state index contributed by atoms with van der Waals surface area (Å²) < 4.78 is 38.0. The predicted octanol–water partition coefficient (Wildman–Crippen LogP) is 3.58. The van der Waals surface area contributed by atoms with Crippen LogP contribution in [0.4, 0.5) is 18.3 Å². The van der Waals surface area contributed by atoms with Gasteiger partial charge in [0.1, 0.15) is 5.69 Å². The van der Waals surface area contributed by atoms with Gasteiger partial charge in [-0.15, -0.1) is 11.3 Å². The summed E-state index contributed by atoms with van der Waals surface area (Å²) >= 11 is 1.40. The number of nitrogens with zero attached hydrogens (tertiary/aromatic N) is 2. The Balaban J connectivity index is 1.71. The van der Waals surface area contributed by atoms with Crippen molar-refractivity contribution in [2.75, 3.05) is 18.4 Å². The molecule has 0 aromatic carbocycles. The molecule has 3 heterocycles. The number of piperidine rings is 1. The van der Waals surface area contributed by atoms with Gasteiger partial charge in [0.05, 0.1) is 11.3 Å². The van der Waals surface area contributed by atoms with Crippen LogP contribution in [0.2, 0.25) is 0 Å². The van der Waals surface area contributed by atoms with Crippen molar-refractivity contribution in [1.29, 1.82) is 0 Å². The lowest BCUT2D eigenvalue weighted by Gasteiger charge is -2.20. The molecule has 1 aliphatic heterocycles. The van der Waals surface area contributed by atoms with Crippen molar-refractivity contribution in [2.45, 2.75) is 31.9 Å². The summed E-state index contributed by atoms with van der Waals surface area (Å²) in [6.07, 6.45) is -0.720. The van der Waals surface area contributed by atoms with Gasteiger partial charge in [0.25, 0.3) is 5.91 Å². The second kappa shape index (κ2) is 7.09.